The number of benzene rings is 1. The summed E-state index contributed by atoms with van der Waals surface area (Å²) >= 11 is 13.2. The highest BCUT2D eigenvalue weighted by Gasteiger charge is 2.02. The molecule has 0 saturated carbocycles. The van der Waals surface area contributed by atoms with E-state index in [0.29, 0.717) is 20.7 Å². The van der Waals surface area contributed by atoms with Gasteiger partial charge in [0.15, 0.2) is 0 Å². The molecule has 100 valence electrons. The molecule has 0 spiro atoms. The van der Waals surface area contributed by atoms with E-state index in [4.69, 9.17) is 23.2 Å². The van der Waals surface area contributed by atoms with Crippen LogP contribution in [0, 0.1) is 0 Å². The molecule has 20 heavy (non-hydrogen) atoms. The van der Waals surface area contributed by atoms with E-state index in [-0.39, 0.29) is 5.56 Å². The van der Waals surface area contributed by atoms with Crippen molar-refractivity contribution in [1.82, 2.24) is 14.6 Å². The van der Waals surface area contributed by atoms with Crippen molar-refractivity contribution in [3.63, 3.8) is 0 Å². The summed E-state index contributed by atoms with van der Waals surface area (Å²) in [6.45, 7) is 0. The Morgan fingerprint density at radius 3 is 2.85 bits per heavy atom. The van der Waals surface area contributed by atoms with Gasteiger partial charge in [-0.25, -0.2) is 4.98 Å². The zero-order chi connectivity index (χ0) is 14.1. The van der Waals surface area contributed by atoms with Crippen molar-refractivity contribution in [2.45, 2.75) is 0 Å². The van der Waals surface area contributed by atoms with Crippen LogP contribution in [0.2, 0.25) is 10.0 Å². The van der Waals surface area contributed by atoms with Crippen molar-refractivity contribution >= 4 is 51.7 Å². The first kappa shape index (κ1) is 13.3. The van der Waals surface area contributed by atoms with Crippen molar-refractivity contribution in [1.29, 1.82) is 0 Å². The fourth-order valence-corrected chi connectivity index (χ4v) is 2.77. The molecule has 4 nitrogen and oxygen atoms in total. The largest absolute Gasteiger partial charge is 0.275 e. The summed E-state index contributed by atoms with van der Waals surface area (Å²) in [7, 11) is 0. The lowest BCUT2D eigenvalue weighted by Gasteiger charge is -1.98. The summed E-state index contributed by atoms with van der Waals surface area (Å²) in [5.41, 5.74) is 2.73. The third-order valence-corrected chi connectivity index (χ3v) is 3.84. The SMILES string of the molecule is O=c1cc(/C=C/c2ccc(Cl)cc2Cl)nc2scnn12. The Hall–Kier alpha value is -1.69. The second-order valence-corrected chi connectivity index (χ2v) is 5.61. The fraction of sp³-hybridized carbons (Fsp3) is 0. The number of fused-ring (bicyclic) bond motifs is 1. The van der Waals surface area contributed by atoms with Crippen LogP contribution in [0.15, 0.2) is 34.6 Å². The van der Waals surface area contributed by atoms with Gasteiger partial charge >= 0.3 is 0 Å². The minimum absolute atomic E-state index is 0.210. The van der Waals surface area contributed by atoms with Gasteiger partial charge in [-0.1, -0.05) is 46.7 Å². The Morgan fingerprint density at radius 1 is 1.20 bits per heavy atom. The molecule has 1 aromatic carbocycles. The molecule has 2 aromatic heterocycles. The normalized spacial score (nSPS) is 11.5. The second kappa shape index (κ2) is 5.36. The van der Waals surface area contributed by atoms with Gasteiger partial charge in [-0.15, -0.1) is 0 Å². The van der Waals surface area contributed by atoms with Gasteiger partial charge in [0.1, 0.15) is 5.51 Å². The molecule has 0 unspecified atom stereocenters. The summed E-state index contributed by atoms with van der Waals surface area (Å²) in [5, 5.41) is 5.03. The van der Waals surface area contributed by atoms with Gasteiger partial charge in [-0.2, -0.15) is 9.61 Å². The average molecular weight is 324 g/mol. The zero-order valence-corrected chi connectivity index (χ0v) is 12.3. The molecule has 0 aliphatic rings. The first-order valence-corrected chi connectivity index (χ1v) is 7.24. The minimum Gasteiger partial charge on any atom is -0.267 e. The maximum Gasteiger partial charge on any atom is 0.275 e. The molecule has 0 aliphatic heterocycles. The van der Waals surface area contributed by atoms with Gasteiger partial charge in [0.2, 0.25) is 4.96 Å². The zero-order valence-electron chi connectivity index (χ0n) is 9.96. The van der Waals surface area contributed by atoms with Crippen molar-refractivity contribution in [2.75, 3.05) is 0 Å². The van der Waals surface area contributed by atoms with E-state index in [2.05, 4.69) is 10.1 Å². The molecular weight excluding hydrogens is 317 g/mol. The third kappa shape index (κ3) is 2.60. The number of hydrogen-bond donors (Lipinski definition) is 0. The first-order valence-electron chi connectivity index (χ1n) is 5.60. The van der Waals surface area contributed by atoms with E-state index in [0.717, 1.165) is 5.56 Å². The molecule has 0 N–H and O–H groups in total. The van der Waals surface area contributed by atoms with Crippen molar-refractivity contribution in [3.8, 4) is 0 Å². The van der Waals surface area contributed by atoms with Gasteiger partial charge in [-0.05, 0) is 23.8 Å². The Labute approximate surface area is 127 Å². The van der Waals surface area contributed by atoms with Gasteiger partial charge in [0, 0.05) is 16.1 Å². The van der Waals surface area contributed by atoms with E-state index in [9.17, 15) is 4.79 Å². The van der Waals surface area contributed by atoms with Crippen LogP contribution in [0.1, 0.15) is 11.3 Å². The predicted molar refractivity (Wildman–Crippen MR) is 82.5 cm³/mol. The lowest BCUT2D eigenvalue weighted by molar-refractivity contribution is 0.897. The van der Waals surface area contributed by atoms with Crippen molar-refractivity contribution in [2.24, 2.45) is 0 Å². The van der Waals surface area contributed by atoms with Gasteiger partial charge in [0.25, 0.3) is 5.56 Å². The Kier molecular flexibility index (Phi) is 3.56. The van der Waals surface area contributed by atoms with Gasteiger partial charge in [0.05, 0.1) is 5.69 Å². The van der Waals surface area contributed by atoms with E-state index in [1.807, 2.05) is 0 Å². The standard InChI is InChI=1S/C13H7Cl2N3OS/c14-9-3-1-8(11(15)5-9)2-4-10-6-12(19)18-13(17-10)20-7-16-18/h1-7H/b4-2+. The fourth-order valence-electron chi connectivity index (χ4n) is 1.67. The molecule has 0 bridgehead atoms. The minimum atomic E-state index is -0.210. The van der Waals surface area contributed by atoms with Crippen LogP contribution in [-0.4, -0.2) is 14.6 Å². The summed E-state index contributed by atoms with van der Waals surface area (Å²) in [6.07, 6.45) is 3.52. The summed E-state index contributed by atoms with van der Waals surface area (Å²) < 4.78 is 1.26. The number of nitrogens with zero attached hydrogens (tertiary/aromatic N) is 3. The highest BCUT2D eigenvalue weighted by Crippen LogP contribution is 2.22. The Balaban J connectivity index is 1.99. The topological polar surface area (TPSA) is 47.3 Å². The predicted octanol–water partition coefficient (Wildman–Crippen LogP) is 3.63. The maximum atomic E-state index is 11.8. The third-order valence-electron chi connectivity index (χ3n) is 2.60. The van der Waals surface area contributed by atoms with Crippen molar-refractivity contribution in [3.05, 3.63) is 61.4 Å². The summed E-state index contributed by atoms with van der Waals surface area (Å²) in [4.78, 5) is 16.6. The number of hydrogen-bond acceptors (Lipinski definition) is 4. The molecule has 0 saturated heterocycles. The Bertz CT molecular complexity index is 869. The molecule has 0 aliphatic carbocycles. The van der Waals surface area contributed by atoms with Crippen LogP contribution in [0.25, 0.3) is 17.1 Å². The summed E-state index contributed by atoms with van der Waals surface area (Å²) in [5.74, 6) is 0. The van der Waals surface area contributed by atoms with Gasteiger partial charge < -0.3 is 0 Å². The van der Waals surface area contributed by atoms with Crippen LogP contribution in [0.4, 0.5) is 0 Å². The van der Waals surface area contributed by atoms with Crippen LogP contribution in [-0.2, 0) is 0 Å². The molecule has 0 radical (unpaired) electrons. The maximum absolute atomic E-state index is 11.8. The Morgan fingerprint density at radius 2 is 2.05 bits per heavy atom. The number of aromatic nitrogens is 3. The van der Waals surface area contributed by atoms with E-state index < -0.39 is 0 Å². The molecule has 2 heterocycles. The number of halogens is 2. The van der Waals surface area contributed by atoms with Gasteiger partial charge in [-0.3, -0.25) is 4.79 Å². The molecule has 7 heteroatoms. The van der Waals surface area contributed by atoms with E-state index in [1.165, 1.54) is 21.9 Å². The van der Waals surface area contributed by atoms with Crippen LogP contribution in [0.3, 0.4) is 0 Å². The second-order valence-electron chi connectivity index (χ2n) is 3.95. The van der Waals surface area contributed by atoms with Crippen LogP contribution >= 0.6 is 34.5 Å². The van der Waals surface area contributed by atoms with E-state index in [1.54, 1.807) is 35.9 Å². The first-order chi connectivity index (χ1) is 9.63. The quantitative estimate of drug-likeness (QED) is 0.723. The molecule has 3 aromatic rings. The highest BCUT2D eigenvalue weighted by atomic mass is 35.5. The average Bonchev–Trinajstić information content (AvgIpc) is 2.86. The summed E-state index contributed by atoms with van der Waals surface area (Å²) in [6, 6.07) is 6.64. The lowest BCUT2D eigenvalue weighted by atomic mass is 10.2. The number of rotatable bonds is 2. The van der Waals surface area contributed by atoms with Crippen LogP contribution < -0.4 is 5.56 Å². The lowest BCUT2D eigenvalue weighted by Crippen LogP contribution is -2.13. The van der Waals surface area contributed by atoms with Crippen LogP contribution in [0.5, 0.6) is 0 Å². The molecular formula is C13H7Cl2N3OS. The smallest absolute Gasteiger partial charge is 0.267 e. The van der Waals surface area contributed by atoms with Crippen molar-refractivity contribution < 1.29 is 0 Å². The molecule has 0 amide bonds. The van der Waals surface area contributed by atoms with E-state index >= 15 is 0 Å². The molecule has 0 fully saturated rings. The molecule has 0 atom stereocenters. The monoisotopic (exact) mass is 323 g/mol. The molecule has 3 rings (SSSR count). The highest BCUT2D eigenvalue weighted by molar-refractivity contribution is 7.14.